The summed E-state index contributed by atoms with van der Waals surface area (Å²) in [7, 11) is 0. The number of rotatable bonds is 10. The Labute approximate surface area is 245 Å². The van der Waals surface area contributed by atoms with Crippen LogP contribution in [0.2, 0.25) is 0 Å². The van der Waals surface area contributed by atoms with Crippen LogP contribution in [0.5, 0.6) is 0 Å². The minimum absolute atomic E-state index is 0.121. The molecule has 0 bridgehead atoms. The summed E-state index contributed by atoms with van der Waals surface area (Å²) >= 11 is 1.29. The Hall–Kier alpha value is -5.22. The van der Waals surface area contributed by atoms with Gasteiger partial charge in [-0.1, -0.05) is 36.4 Å². The first-order chi connectivity index (χ1) is 20.2. The largest absolute Gasteiger partial charge is 0.478 e. The number of benzene rings is 4. The minimum Gasteiger partial charge on any atom is -0.478 e. The fourth-order valence-electron chi connectivity index (χ4n) is 3.70. The second kappa shape index (κ2) is 13.9. The van der Waals surface area contributed by atoms with E-state index in [1.807, 2.05) is 0 Å². The molecule has 0 spiro atoms. The van der Waals surface area contributed by atoms with Crippen LogP contribution in [0, 0.1) is 5.82 Å². The molecule has 0 saturated heterocycles. The summed E-state index contributed by atoms with van der Waals surface area (Å²) in [5.41, 5.74) is 1.35. The number of amides is 3. The van der Waals surface area contributed by atoms with Crippen LogP contribution >= 0.6 is 11.8 Å². The number of hydrogen-bond donors (Lipinski definition) is 4. The quantitative estimate of drug-likeness (QED) is 0.133. The summed E-state index contributed by atoms with van der Waals surface area (Å²) in [6.07, 6.45) is 1.27. The van der Waals surface area contributed by atoms with Crippen molar-refractivity contribution in [2.45, 2.75) is 17.1 Å². The fraction of sp³-hybridized carbons (Fsp3) is 0.0625. The van der Waals surface area contributed by atoms with Gasteiger partial charge in [-0.25, -0.2) is 9.18 Å². The van der Waals surface area contributed by atoms with Gasteiger partial charge in [0, 0.05) is 27.4 Å². The molecule has 4 aromatic carbocycles. The molecule has 0 fully saturated rings. The number of carbonyl (C=O) groups is 4. The molecule has 0 radical (unpaired) electrons. The highest BCUT2D eigenvalue weighted by Crippen LogP contribution is 2.26. The van der Waals surface area contributed by atoms with Crippen molar-refractivity contribution in [2.24, 2.45) is 0 Å². The summed E-state index contributed by atoms with van der Waals surface area (Å²) in [4.78, 5) is 50.3. The molecule has 0 aliphatic heterocycles. The third-order valence-corrected chi connectivity index (χ3v) is 7.04. The van der Waals surface area contributed by atoms with Crippen molar-refractivity contribution in [3.63, 3.8) is 0 Å². The van der Waals surface area contributed by atoms with Gasteiger partial charge in [0.1, 0.15) is 11.5 Å². The molecule has 42 heavy (non-hydrogen) atoms. The summed E-state index contributed by atoms with van der Waals surface area (Å²) in [6, 6.07) is 26.9. The maximum absolute atomic E-state index is 14.3. The van der Waals surface area contributed by atoms with Gasteiger partial charge in [-0.05, 0) is 79.7 Å². The molecule has 212 valence electrons. The van der Waals surface area contributed by atoms with E-state index in [2.05, 4.69) is 16.0 Å². The Bertz CT molecular complexity index is 1620. The van der Waals surface area contributed by atoms with Gasteiger partial charge in [-0.3, -0.25) is 14.4 Å². The lowest BCUT2D eigenvalue weighted by Crippen LogP contribution is -2.30. The highest BCUT2D eigenvalue weighted by molar-refractivity contribution is 8.00. The van der Waals surface area contributed by atoms with Crippen LogP contribution in [0.1, 0.15) is 33.2 Å². The Balaban J connectivity index is 1.41. The van der Waals surface area contributed by atoms with Crippen LogP contribution in [-0.4, -0.2) is 34.0 Å². The highest BCUT2D eigenvalue weighted by Gasteiger charge is 2.17. The maximum Gasteiger partial charge on any atom is 0.335 e. The van der Waals surface area contributed by atoms with E-state index in [0.717, 1.165) is 4.90 Å². The summed E-state index contributed by atoms with van der Waals surface area (Å²) in [5, 5.41) is 16.6. The predicted molar refractivity (Wildman–Crippen MR) is 161 cm³/mol. The van der Waals surface area contributed by atoms with E-state index in [9.17, 15) is 23.6 Å². The zero-order chi connectivity index (χ0) is 30.1. The number of carbonyl (C=O) groups excluding carboxylic acids is 3. The van der Waals surface area contributed by atoms with Crippen molar-refractivity contribution in [1.29, 1.82) is 0 Å². The second-order valence-corrected chi connectivity index (χ2v) is 10.4. The second-order valence-electron chi connectivity index (χ2n) is 9.01. The van der Waals surface area contributed by atoms with E-state index >= 15 is 0 Å². The van der Waals surface area contributed by atoms with Crippen molar-refractivity contribution < 1.29 is 28.7 Å². The lowest BCUT2D eigenvalue weighted by molar-refractivity contribution is -0.115. The van der Waals surface area contributed by atoms with Crippen molar-refractivity contribution in [1.82, 2.24) is 5.32 Å². The number of thioether (sulfide) groups is 1. The van der Waals surface area contributed by atoms with Crippen LogP contribution < -0.4 is 16.0 Å². The Kier molecular flexibility index (Phi) is 9.85. The maximum atomic E-state index is 14.3. The molecular formula is C32H26FN3O5S. The van der Waals surface area contributed by atoms with Gasteiger partial charge in [-0.15, -0.1) is 11.8 Å². The molecule has 0 aliphatic rings. The van der Waals surface area contributed by atoms with E-state index in [1.165, 1.54) is 60.3 Å². The van der Waals surface area contributed by atoms with Crippen LogP contribution in [0.25, 0.3) is 6.08 Å². The highest BCUT2D eigenvalue weighted by atomic mass is 32.2. The topological polar surface area (TPSA) is 125 Å². The Morgan fingerprint density at radius 2 is 1.36 bits per heavy atom. The molecule has 4 aromatic rings. The molecule has 4 rings (SSSR count). The molecular weight excluding hydrogens is 557 g/mol. The van der Waals surface area contributed by atoms with Crippen molar-refractivity contribution in [3.05, 3.63) is 131 Å². The van der Waals surface area contributed by atoms with E-state index in [0.29, 0.717) is 16.9 Å². The zero-order valence-corrected chi connectivity index (χ0v) is 23.2. The van der Waals surface area contributed by atoms with E-state index in [1.54, 1.807) is 67.6 Å². The zero-order valence-electron chi connectivity index (χ0n) is 22.3. The molecule has 10 heteroatoms. The molecule has 3 amide bonds. The van der Waals surface area contributed by atoms with E-state index in [-0.39, 0.29) is 22.7 Å². The lowest BCUT2D eigenvalue weighted by atomic mass is 10.1. The van der Waals surface area contributed by atoms with Gasteiger partial charge in [0.25, 0.3) is 11.8 Å². The third kappa shape index (κ3) is 8.15. The number of nitrogens with one attached hydrogen (secondary N) is 3. The molecule has 0 heterocycles. The van der Waals surface area contributed by atoms with Gasteiger partial charge in [0.2, 0.25) is 5.91 Å². The first-order valence-corrected chi connectivity index (χ1v) is 13.6. The molecule has 4 N–H and O–H groups in total. The van der Waals surface area contributed by atoms with Gasteiger partial charge in [0.05, 0.1) is 10.8 Å². The number of anilines is 2. The number of carboxylic acid groups (broad SMARTS) is 1. The third-order valence-electron chi connectivity index (χ3n) is 5.93. The smallest absolute Gasteiger partial charge is 0.335 e. The summed E-state index contributed by atoms with van der Waals surface area (Å²) in [6.45, 7) is 1.73. The molecule has 1 unspecified atom stereocenters. The lowest BCUT2D eigenvalue weighted by Gasteiger charge is -2.14. The Morgan fingerprint density at radius 3 is 2.00 bits per heavy atom. The van der Waals surface area contributed by atoms with Gasteiger partial charge in [0.15, 0.2) is 0 Å². The van der Waals surface area contributed by atoms with Crippen molar-refractivity contribution in [2.75, 3.05) is 10.6 Å². The van der Waals surface area contributed by atoms with Gasteiger partial charge < -0.3 is 21.1 Å². The number of aromatic carboxylic acids is 1. The first-order valence-electron chi connectivity index (χ1n) is 12.7. The van der Waals surface area contributed by atoms with Crippen LogP contribution in [0.3, 0.4) is 0 Å². The van der Waals surface area contributed by atoms with Gasteiger partial charge >= 0.3 is 5.97 Å². The first kappa shape index (κ1) is 29.8. The van der Waals surface area contributed by atoms with Crippen LogP contribution in [0.4, 0.5) is 15.8 Å². The summed E-state index contributed by atoms with van der Waals surface area (Å²) in [5.74, 6) is -3.04. The number of halogens is 1. The minimum atomic E-state index is -1.05. The normalized spacial score (nSPS) is 11.7. The molecule has 0 saturated carbocycles. The standard InChI is InChI=1S/C32H26FN3O5S/c1-20(29(37)34-24-13-11-22(12-14-24)32(40)41)42-26-17-15-25(16-18-26)35-31(39)28(19-23-9-5-6-10-27(23)33)36-30(38)21-7-3-2-4-8-21/h2-20H,1H3,(H,34,37)(H,35,39)(H,36,38)(H,40,41)/b28-19-. The SMILES string of the molecule is CC(Sc1ccc(NC(=O)/C(=C/c2ccccc2F)NC(=O)c2ccccc2)cc1)C(=O)Nc1ccc(C(=O)O)cc1. The molecule has 0 aliphatic carbocycles. The monoisotopic (exact) mass is 583 g/mol. The van der Waals surface area contributed by atoms with Crippen molar-refractivity contribution >= 4 is 52.9 Å². The molecule has 8 nitrogen and oxygen atoms in total. The average molecular weight is 584 g/mol. The van der Waals surface area contributed by atoms with Crippen LogP contribution in [-0.2, 0) is 9.59 Å². The van der Waals surface area contributed by atoms with Crippen molar-refractivity contribution in [3.8, 4) is 0 Å². The average Bonchev–Trinajstić information content (AvgIpc) is 2.99. The van der Waals surface area contributed by atoms with Gasteiger partial charge in [-0.2, -0.15) is 0 Å². The summed E-state index contributed by atoms with van der Waals surface area (Å²) < 4.78 is 14.3. The molecule has 0 aromatic heterocycles. The number of carboxylic acids is 1. The molecule has 1 atom stereocenters. The predicted octanol–water partition coefficient (Wildman–Crippen LogP) is 6.05. The van der Waals surface area contributed by atoms with Crippen LogP contribution in [0.15, 0.2) is 114 Å². The fourth-order valence-corrected chi connectivity index (χ4v) is 4.57. The van der Waals surface area contributed by atoms with E-state index in [4.69, 9.17) is 5.11 Å². The van der Waals surface area contributed by atoms with E-state index < -0.39 is 28.9 Å². The number of hydrogen-bond acceptors (Lipinski definition) is 5. The Morgan fingerprint density at radius 1 is 0.762 bits per heavy atom.